The monoisotopic (exact) mass is 313 g/mol. The first-order chi connectivity index (χ1) is 10.4. The highest BCUT2D eigenvalue weighted by Crippen LogP contribution is 2.28. The molecule has 0 aliphatic heterocycles. The molecule has 0 fully saturated rings. The minimum Gasteiger partial charge on any atom is -0.358 e. The standard InChI is InChI=1S/C12H19N5O5/c1-3-4-5-6-7-13-10(18)8-15-9(2)11(16(19)20)12(14-15)17(21)22/h3-8H2,1-2H3,(H,13,18). The largest absolute Gasteiger partial charge is 0.468 e. The molecule has 10 heteroatoms. The van der Waals surface area contributed by atoms with E-state index in [0.717, 1.165) is 30.4 Å². The van der Waals surface area contributed by atoms with Gasteiger partial charge in [-0.05, 0) is 18.3 Å². The van der Waals surface area contributed by atoms with Gasteiger partial charge in [0.1, 0.15) is 12.2 Å². The van der Waals surface area contributed by atoms with Gasteiger partial charge in [0.05, 0.1) is 10.0 Å². The molecule has 0 saturated heterocycles. The Morgan fingerprint density at radius 3 is 2.41 bits per heavy atom. The van der Waals surface area contributed by atoms with Crippen molar-refractivity contribution in [3.8, 4) is 0 Å². The summed E-state index contributed by atoms with van der Waals surface area (Å²) in [4.78, 5) is 31.6. The van der Waals surface area contributed by atoms with Crippen LogP contribution in [-0.2, 0) is 11.3 Å². The number of aromatic nitrogens is 2. The van der Waals surface area contributed by atoms with Crippen LogP contribution in [0.1, 0.15) is 38.3 Å². The predicted octanol–water partition coefficient (Wildman–Crippen LogP) is 1.70. The van der Waals surface area contributed by atoms with Gasteiger partial charge in [-0.1, -0.05) is 26.2 Å². The van der Waals surface area contributed by atoms with Crippen molar-refractivity contribution in [1.29, 1.82) is 0 Å². The zero-order chi connectivity index (χ0) is 16.7. The van der Waals surface area contributed by atoms with Crippen LogP contribution in [0.3, 0.4) is 0 Å². The van der Waals surface area contributed by atoms with Crippen molar-refractivity contribution in [3.05, 3.63) is 25.9 Å². The Morgan fingerprint density at radius 1 is 1.23 bits per heavy atom. The van der Waals surface area contributed by atoms with Crippen molar-refractivity contribution < 1.29 is 14.6 Å². The van der Waals surface area contributed by atoms with Crippen LogP contribution in [0.5, 0.6) is 0 Å². The van der Waals surface area contributed by atoms with E-state index < -0.39 is 21.4 Å². The van der Waals surface area contributed by atoms with E-state index in [9.17, 15) is 25.0 Å². The maximum atomic E-state index is 11.7. The molecule has 0 atom stereocenters. The number of amides is 1. The van der Waals surface area contributed by atoms with Crippen LogP contribution in [0.15, 0.2) is 0 Å². The molecule has 0 spiro atoms. The Kier molecular flexibility index (Phi) is 6.42. The lowest BCUT2D eigenvalue weighted by molar-refractivity contribution is -0.424. The third kappa shape index (κ3) is 4.50. The zero-order valence-electron chi connectivity index (χ0n) is 12.6. The minimum absolute atomic E-state index is 0.0159. The number of nitro groups is 2. The van der Waals surface area contributed by atoms with E-state index in [4.69, 9.17) is 0 Å². The molecule has 1 N–H and O–H groups in total. The van der Waals surface area contributed by atoms with Crippen molar-refractivity contribution in [2.75, 3.05) is 6.54 Å². The summed E-state index contributed by atoms with van der Waals surface area (Å²) in [5.41, 5.74) is -0.696. The predicted molar refractivity (Wildman–Crippen MR) is 77.4 cm³/mol. The number of unbranched alkanes of at least 4 members (excludes halogenated alkanes) is 3. The second kappa shape index (κ2) is 8.05. The molecule has 0 bridgehead atoms. The lowest BCUT2D eigenvalue weighted by Gasteiger charge is -2.04. The molecular formula is C12H19N5O5. The molecule has 0 aromatic carbocycles. The summed E-state index contributed by atoms with van der Waals surface area (Å²) in [5, 5.41) is 27.8. The topological polar surface area (TPSA) is 133 Å². The average molecular weight is 313 g/mol. The molecule has 0 unspecified atom stereocenters. The quantitative estimate of drug-likeness (QED) is 0.419. The normalized spacial score (nSPS) is 10.5. The van der Waals surface area contributed by atoms with E-state index in [1.807, 2.05) is 0 Å². The van der Waals surface area contributed by atoms with Crippen LogP contribution >= 0.6 is 0 Å². The maximum Gasteiger partial charge on any atom is 0.468 e. The van der Waals surface area contributed by atoms with Crippen LogP contribution in [0.2, 0.25) is 0 Å². The zero-order valence-corrected chi connectivity index (χ0v) is 12.6. The molecule has 1 aromatic heterocycles. The summed E-state index contributed by atoms with van der Waals surface area (Å²) in [6.07, 6.45) is 4.03. The summed E-state index contributed by atoms with van der Waals surface area (Å²) >= 11 is 0. The number of hydrogen-bond donors (Lipinski definition) is 1. The highest BCUT2D eigenvalue weighted by molar-refractivity contribution is 5.76. The van der Waals surface area contributed by atoms with Gasteiger partial charge in [-0.2, -0.15) is 4.68 Å². The lowest BCUT2D eigenvalue weighted by Crippen LogP contribution is -2.29. The smallest absolute Gasteiger partial charge is 0.358 e. The number of hydrogen-bond acceptors (Lipinski definition) is 6. The summed E-state index contributed by atoms with van der Waals surface area (Å²) in [6.45, 7) is 3.63. The highest BCUT2D eigenvalue weighted by atomic mass is 16.6. The summed E-state index contributed by atoms with van der Waals surface area (Å²) in [5.74, 6) is -1.23. The van der Waals surface area contributed by atoms with Crippen molar-refractivity contribution in [2.24, 2.45) is 0 Å². The van der Waals surface area contributed by atoms with Gasteiger partial charge < -0.3 is 15.4 Å². The van der Waals surface area contributed by atoms with Crippen LogP contribution in [0.25, 0.3) is 0 Å². The fourth-order valence-electron chi connectivity index (χ4n) is 1.98. The SMILES string of the molecule is CCCCCCNC(=O)Cn1nc([N+](=O)[O-])c([N+](=O)[O-])c1C. The van der Waals surface area contributed by atoms with Gasteiger partial charge >= 0.3 is 11.5 Å². The van der Waals surface area contributed by atoms with E-state index in [2.05, 4.69) is 17.3 Å². The van der Waals surface area contributed by atoms with Gasteiger partial charge in [0.2, 0.25) is 5.91 Å². The van der Waals surface area contributed by atoms with Crippen LogP contribution < -0.4 is 5.32 Å². The molecule has 0 radical (unpaired) electrons. The number of rotatable bonds is 9. The molecule has 10 nitrogen and oxygen atoms in total. The molecule has 22 heavy (non-hydrogen) atoms. The van der Waals surface area contributed by atoms with Crippen molar-refractivity contribution in [1.82, 2.24) is 15.1 Å². The van der Waals surface area contributed by atoms with Gasteiger partial charge in [0.15, 0.2) is 0 Å². The van der Waals surface area contributed by atoms with Crippen molar-refractivity contribution in [3.63, 3.8) is 0 Å². The van der Waals surface area contributed by atoms with E-state index in [0.29, 0.717) is 6.54 Å². The Bertz CT molecular complexity index is 568. The van der Waals surface area contributed by atoms with Gasteiger partial charge in [-0.15, -0.1) is 0 Å². The Balaban J connectivity index is 2.69. The van der Waals surface area contributed by atoms with Gasteiger partial charge in [-0.25, -0.2) is 0 Å². The number of nitrogens with zero attached hydrogens (tertiary/aromatic N) is 4. The molecule has 1 amide bonds. The van der Waals surface area contributed by atoms with Crippen LogP contribution in [0.4, 0.5) is 11.5 Å². The van der Waals surface area contributed by atoms with Crippen LogP contribution in [-0.4, -0.2) is 32.1 Å². The molecular weight excluding hydrogens is 294 g/mol. The highest BCUT2D eigenvalue weighted by Gasteiger charge is 2.35. The number of nitrogens with one attached hydrogen (secondary N) is 1. The molecule has 0 aliphatic rings. The minimum atomic E-state index is -0.926. The fourth-order valence-corrected chi connectivity index (χ4v) is 1.98. The van der Waals surface area contributed by atoms with Crippen LogP contribution in [0, 0.1) is 27.2 Å². The molecule has 1 aromatic rings. The second-order valence-corrected chi connectivity index (χ2v) is 4.84. The first kappa shape index (κ1) is 17.5. The van der Waals surface area contributed by atoms with Gasteiger partial charge in [0, 0.05) is 6.54 Å². The Labute approximate surface area is 126 Å². The number of carbonyl (C=O) groups is 1. The van der Waals surface area contributed by atoms with Crippen molar-refractivity contribution >= 4 is 17.4 Å². The summed E-state index contributed by atoms with van der Waals surface area (Å²) < 4.78 is 0.984. The van der Waals surface area contributed by atoms with Gasteiger partial charge in [0.25, 0.3) is 0 Å². The Morgan fingerprint density at radius 2 is 1.91 bits per heavy atom. The van der Waals surface area contributed by atoms with Crippen molar-refractivity contribution in [2.45, 2.75) is 46.1 Å². The van der Waals surface area contributed by atoms with Gasteiger partial charge in [-0.3, -0.25) is 14.9 Å². The third-order valence-electron chi connectivity index (χ3n) is 3.16. The maximum absolute atomic E-state index is 11.7. The molecule has 1 rings (SSSR count). The van der Waals surface area contributed by atoms with E-state index >= 15 is 0 Å². The third-order valence-corrected chi connectivity index (χ3v) is 3.16. The average Bonchev–Trinajstić information content (AvgIpc) is 2.76. The lowest BCUT2D eigenvalue weighted by atomic mass is 10.2. The molecule has 122 valence electrons. The summed E-state index contributed by atoms with van der Waals surface area (Å²) in [6, 6.07) is 0. The fraction of sp³-hybridized carbons (Fsp3) is 0.667. The van der Waals surface area contributed by atoms with E-state index in [1.165, 1.54) is 6.92 Å². The Hall–Kier alpha value is -2.52. The molecule has 1 heterocycles. The number of carbonyl (C=O) groups excluding carboxylic acids is 1. The first-order valence-electron chi connectivity index (χ1n) is 7.01. The second-order valence-electron chi connectivity index (χ2n) is 4.84. The molecule has 0 saturated carbocycles. The van der Waals surface area contributed by atoms with E-state index in [1.54, 1.807) is 0 Å². The first-order valence-corrected chi connectivity index (χ1v) is 7.01. The van der Waals surface area contributed by atoms with E-state index in [-0.39, 0.29) is 18.1 Å². The summed E-state index contributed by atoms with van der Waals surface area (Å²) in [7, 11) is 0. The molecule has 0 aliphatic carbocycles.